The number of carbonyl (C=O) groups is 1. The monoisotopic (exact) mass is 353 g/mol. The Balaban J connectivity index is 1.58. The van der Waals surface area contributed by atoms with E-state index in [9.17, 15) is 4.79 Å². The van der Waals surface area contributed by atoms with Gasteiger partial charge in [0.1, 0.15) is 16.2 Å². The fourth-order valence-corrected chi connectivity index (χ4v) is 4.54. The van der Waals surface area contributed by atoms with E-state index in [2.05, 4.69) is 27.9 Å². The molecule has 120 valence electrons. The highest BCUT2D eigenvalue weighted by Gasteiger charge is 2.14. The van der Waals surface area contributed by atoms with Gasteiger partial charge in [-0.3, -0.25) is 4.79 Å². The molecule has 0 aliphatic heterocycles. The van der Waals surface area contributed by atoms with Crippen molar-refractivity contribution in [1.82, 2.24) is 15.0 Å². The van der Waals surface area contributed by atoms with Gasteiger partial charge in [0.25, 0.3) is 0 Å². The number of carbonyl (C=O) groups excluding carboxylic acids is 1. The third-order valence-electron chi connectivity index (χ3n) is 3.92. The summed E-state index contributed by atoms with van der Waals surface area (Å²) in [6, 6.07) is 10.00. The summed E-state index contributed by atoms with van der Waals surface area (Å²) in [5, 5.41) is 2.90. The van der Waals surface area contributed by atoms with Crippen LogP contribution < -0.4 is 0 Å². The third-order valence-corrected chi connectivity index (χ3v) is 6.11. The lowest BCUT2D eigenvalue weighted by Crippen LogP contribution is -2.01. The second-order valence-electron chi connectivity index (χ2n) is 5.42. The zero-order valence-corrected chi connectivity index (χ0v) is 14.7. The van der Waals surface area contributed by atoms with Crippen molar-refractivity contribution >= 4 is 50.0 Å². The van der Waals surface area contributed by atoms with Crippen LogP contribution in [0.1, 0.15) is 22.2 Å². The Hall–Kier alpha value is -2.18. The number of H-pyrrole nitrogens is 1. The summed E-state index contributed by atoms with van der Waals surface area (Å²) in [6.07, 6.45) is 4.36. The molecule has 24 heavy (non-hydrogen) atoms. The lowest BCUT2D eigenvalue weighted by Gasteiger charge is -2.01. The van der Waals surface area contributed by atoms with Crippen LogP contribution in [0, 0.1) is 0 Å². The van der Waals surface area contributed by atoms with Crippen LogP contribution in [0.3, 0.4) is 0 Å². The fourth-order valence-electron chi connectivity index (χ4n) is 2.69. The minimum absolute atomic E-state index is 0.107. The lowest BCUT2D eigenvalue weighted by molar-refractivity contribution is 0.102. The van der Waals surface area contributed by atoms with Crippen LogP contribution in [0.25, 0.3) is 21.1 Å². The van der Waals surface area contributed by atoms with Crippen molar-refractivity contribution in [3.63, 3.8) is 0 Å². The molecule has 0 amide bonds. The van der Waals surface area contributed by atoms with Gasteiger partial charge in [-0.2, -0.15) is 0 Å². The van der Waals surface area contributed by atoms with Crippen LogP contribution in [0.4, 0.5) is 0 Å². The lowest BCUT2D eigenvalue weighted by atomic mass is 10.1. The molecule has 6 heteroatoms. The molecule has 3 heterocycles. The normalized spacial score (nSPS) is 11.4. The van der Waals surface area contributed by atoms with Gasteiger partial charge in [0.15, 0.2) is 5.78 Å². The predicted octanol–water partition coefficient (Wildman–Crippen LogP) is 4.71. The van der Waals surface area contributed by atoms with E-state index in [-0.39, 0.29) is 5.78 Å². The quantitative estimate of drug-likeness (QED) is 0.321. The number of para-hydroxylation sites is 1. The van der Waals surface area contributed by atoms with Crippen molar-refractivity contribution in [2.24, 2.45) is 0 Å². The highest BCUT2D eigenvalue weighted by Crippen LogP contribution is 2.31. The molecule has 0 unspecified atom stereocenters. The van der Waals surface area contributed by atoms with Gasteiger partial charge in [0, 0.05) is 32.9 Å². The van der Waals surface area contributed by atoms with Crippen molar-refractivity contribution in [3.8, 4) is 0 Å². The van der Waals surface area contributed by atoms with E-state index in [1.807, 2.05) is 24.3 Å². The molecule has 0 saturated carbocycles. The van der Waals surface area contributed by atoms with Crippen LogP contribution in [-0.4, -0.2) is 26.5 Å². The Morgan fingerprint density at radius 2 is 2.12 bits per heavy atom. The van der Waals surface area contributed by atoms with Gasteiger partial charge in [-0.1, -0.05) is 36.9 Å². The van der Waals surface area contributed by atoms with E-state index in [4.69, 9.17) is 0 Å². The number of aryl methyl sites for hydroxylation is 1. The van der Waals surface area contributed by atoms with Gasteiger partial charge in [-0.25, -0.2) is 9.97 Å². The number of benzene rings is 1. The minimum Gasteiger partial charge on any atom is -0.360 e. The molecule has 0 bridgehead atoms. The van der Waals surface area contributed by atoms with Gasteiger partial charge in [-0.15, -0.1) is 11.3 Å². The van der Waals surface area contributed by atoms with E-state index in [0.717, 1.165) is 38.1 Å². The molecule has 4 aromatic rings. The molecular weight excluding hydrogens is 338 g/mol. The Morgan fingerprint density at radius 3 is 3.00 bits per heavy atom. The van der Waals surface area contributed by atoms with E-state index in [1.54, 1.807) is 23.9 Å². The van der Waals surface area contributed by atoms with E-state index in [0.29, 0.717) is 5.75 Å². The fraction of sp³-hybridized carbons (Fsp3) is 0.167. The summed E-state index contributed by atoms with van der Waals surface area (Å²) in [4.78, 5) is 26.7. The molecule has 0 saturated heterocycles. The van der Waals surface area contributed by atoms with Gasteiger partial charge in [0.2, 0.25) is 0 Å². The predicted molar refractivity (Wildman–Crippen MR) is 100 cm³/mol. The van der Waals surface area contributed by atoms with Crippen molar-refractivity contribution in [3.05, 3.63) is 53.3 Å². The first kappa shape index (κ1) is 15.4. The molecule has 0 aliphatic carbocycles. The molecule has 1 aromatic carbocycles. The highest BCUT2D eigenvalue weighted by molar-refractivity contribution is 8.00. The Labute approximate surface area is 147 Å². The summed E-state index contributed by atoms with van der Waals surface area (Å²) in [5.74, 6) is 0.473. The smallest absolute Gasteiger partial charge is 0.175 e. The van der Waals surface area contributed by atoms with Gasteiger partial charge in [0.05, 0.1) is 5.75 Å². The largest absolute Gasteiger partial charge is 0.360 e. The van der Waals surface area contributed by atoms with Crippen LogP contribution in [-0.2, 0) is 6.42 Å². The maximum atomic E-state index is 12.6. The van der Waals surface area contributed by atoms with Gasteiger partial charge < -0.3 is 4.98 Å². The zero-order chi connectivity index (χ0) is 16.5. The number of ketones is 1. The summed E-state index contributed by atoms with van der Waals surface area (Å²) < 4.78 is 0. The Bertz CT molecular complexity index is 1040. The van der Waals surface area contributed by atoms with Crippen LogP contribution in [0.15, 0.2) is 47.9 Å². The van der Waals surface area contributed by atoms with Crippen LogP contribution in [0.5, 0.6) is 0 Å². The first-order chi connectivity index (χ1) is 11.8. The molecule has 3 aromatic heterocycles. The second-order valence-corrected chi connectivity index (χ2v) is 7.50. The molecule has 4 rings (SSSR count). The number of nitrogens with zero attached hydrogens (tertiary/aromatic N) is 2. The summed E-state index contributed by atoms with van der Waals surface area (Å²) in [7, 11) is 0. The maximum Gasteiger partial charge on any atom is 0.175 e. The standard InChI is InChI=1S/C18H15N3OS2/c1-2-11-7-13-17(20-10-21-18(13)24-11)23-9-16(22)14-8-19-15-6-4-3-5-12(14)15/h3-8,10,19H,2,9H2,1H3. The van der Waals surface area contributed by atoms with Crippen molar-refractivity contribution in [2.45, 2.75) is 18.4 Å². The molecule has 0 radical (unpaired) electrons. The van der Waals surface area contributed by atoms with E-state index < -0.39 is 0 Å². The SMILES string of the molecule is CCc1cc2c(SCC(=O)c3c[nH]c4ccccc34)ncnc2s1. The first-order valence-electron chi connectivity index (χ1n) is 7.72. The van der Waals surface area contributed by atoms with Crippen molar-refractivity contribution < 1.29 is 4.79 Å². The third kappa shape index (κ3) is 2.72. The Kier molecular flexibility index (Phi) is 4.08. The average molecular weight is 353 g/mol. The van der Waals surface area contributed by atoms with Crippen LogP contribution >= 0.6 is 23.1 Å². The molecule has 0 fully saturated rings. The van der Waals surface area contributed by atoms with Crippen molar-refractivity contribution in [2.75, 3.05) is 5.75 Å². The van der Waals surface area contributed by atoms with Gasteiger partial charge in [-0.05, 0) is 18.6 Å². The summed E-state index contributed by atoms with van der Waals surface area (Å²) in [6.45, 7) is 2.13. The minimum atomic E-state index is 0.107. The van der Waals surface area contributed by atoms with Crippen LogP contribution in [0.2, 0.25) is 0 Å². The zero-order valence-electron chi connectivity index (χ0n) is 13.1. The number of hydrogen-bond acceptors (Lipinski definition) is 5. The van der Waals surface area contributed by atoms with E-state index >= 15 is 0 Å². The summed E-state index contributed by atoms with van der Waals surface area (Å²) in [5.41, 5.74) is 1.73. The molecular formula is C18H15N3OS2. The number of aromatic amines is 1. The Morgan fingerprint density at radius 1 is 1.25 bits per heavy atom. The molecule has 4 nitrogen and oxygen atoms in total. The molecule has 1 N–H and O–H groups in total. The molecule has 0 atom stereocenters. The number of rotatable bonds is 5. The number of hydrogen-bond donors (Lipinski definition) is 1. The number of thiophene rings is 1. The summed E-state index contributed by atoms with van der Waals surface area (Å²) >= 11 is 3.17. The number of thioether (sulfide) groups is 1. The topological polar surface area (TPSA) is 58.6 Å². The number of nitrogens with one attached hydrogen (secondary N) is 1. The van der Waals surface area contributed by atoms with E-state index in [1.165, 1.54) is 16.6 Å². The first-order valence-corrected chi connectivity index (χ1v) is 9.52. The van der Waals surface area contributed by atoms with Crippen molar-refractivity contribution in [1.29, 1.82) is 0 Å². The number of Topliss-reactive ketones (excluding diaryl/α,β-unsaturated/α-hetero) is 1. The van der Waals surface area contributed by atoms with Gasteiger partial charge >= 0.3 is 0 Å². The highest BCUT2D eigenvalue weighted by atomic mass is 32.2. The molecule has 0 spiro atoms. The number of aromatic nitrogens is 3. The molecule has 0 aliphatic rings. The second kappa shape index (κ2) is 6.37. The maximum absolute atomic E-state index is 12.6. The average Bonchev–Trinajstić information content (AvgIpc) is 3.23. The number of fused-ring (bicyclic) bond motifs is 2.